The van der Waals surface area contributed by atoms with Crippen LogP contribution in [-0.4, -0.2) is 67.6 Å². The van der Waals surface area contributed by atoms with E-state index in [0.717, 1.165) is 43.8 Å². The average molecular weight is 540 g/mol. The Kier molecular flexibility index (Phi) is 8.25. The highest BCUT2D eigenvalue weighted by atomic mass is 16.5. The lowest BCUT2D eigenvalue weighted by Crippen LogP contribution is -2.38. The van der Waals surface area contributed by atoms with Gasteiger partial charge in [-0.05, 0) is 59.7 Å². The van der Waals surface area contributed by atoms with Gasteiger partial charge in [-0.15, -0.1) is 0 Å². The number of rotatable bonds is 8. The molecule has 5 rings (SSSR count). The highest BCUT2D eigenvalue weighted by Gasteiger charge is 2.15. The molecule has 1 aliphatic rings. The Morgan fingerprint density at radius 3 is 2.62 bits per heavy atom. The molecule has 10 heteroatoms. The fraction of sp³-hybridized carbons (Fsp3) is 0.233. The molecule has 3 aromatic carbocycles. The Morgan fingerprint density at radius 2 is 1.90 bits per heavy atom. The van der Waals surface area contributed by atoms with Crippen molar-refractivity contribution in [2.75, 3.05) is 57.2 Å². The van der Waals surface area contributed by atoms with Crippen LogP contribution < -0.4 is 20.1 Å². The maximum atomic E-state index is 12.5. The van der Waals surface area contributed by atoms with Gasteiger partial charge in [-0.1, -0.05) is 6.07 Å². The highest BCUT2D eigenvalue weighted by Crippen LogP contribution is 2.35. The molecule has 0 bridgehead atoms. The number of nitrogens with zero attached hydrogens (tertiary/aromatic N) is 3. The van der Waals surface area contributed by atoms with E-state index < -0.39 is 6.03 Å². The maximum absolute atomic E-state index is 12.5. The number of anilines is 2. The van der Waals surface area contributed by atoms with Gasteiger partial charge in [0.2, 0.25) is 0 Å². The molecule has 3 N–H and O–H groups in total. The van der Waals surface area contributed by atoms with Gasteiger partial charge >= 0.3 is 6.03 Å². The number of nitriles is 1. The summed E-state index contributed by atoms with van der Waals surface area (Å²) in [5, 5.41) is 26.6. The Morgan fingerprint density at radius 1 is 1.10 bits per heavy atom. The van der Waals surface area contributed by atoms with Gasteiger partial charge in [0.25, 0.3) is 0 Å². The second-order valence-corrected chi connectivity index (χ2v) is 9.18. The summed E-state index contributed by atoms with van der Waals surface area (Å²) >= 11 is 0. The van der Waals surface area contributed by atoms with Crippen LogP contribution in [0.3, 0.4) is 0 Å². The van der Waals surface area contributed by atoms with Crippen LogP contribution in [0.4, 0.5) is 16.2 Å². The van der Waals surface area contributed by atoms with E-state index in [1.807, 2.05) is 6.07 Å². The van der Waals surface area contributed by atoms with E-state index in [0.29, 0.717) is 40.4 Å². The lowest BCUT2D eigenvalue weighted by atomic mass is 9.99. The lowest BCUT2D eigenvalue weighted by molar-refractivity contribution is 0.0322. The molecule has 204 valence electrons. The van der Waals surface area contributed by atoms with Crippen LogP contribution in [0, 0.1) is 11.3 Å². The second-order valence-electron chi connectivity index (χ2n) is 9.18. The van der Waals surface area contributed by atoms with Crippen LogP contribution in [0.15, 0.2) is 66.9 Å². The van der Waals surface area contributed by atoms with Gasteiger partial charge in [-0.2, -0.15) is 5.26 Å². The molecular formula is C30H29N5O5. The van der Waals surface area contributed by atoms with E-state index in [9.17, 15) is 15.2 Å². The van der Waals surface area contributed by atoms with Gasteiger partial charge in [-0.25, -0.2) is 4.79 Å². The smallest absolute Gasteiger partial charge is 0.323 e. The zero-order chi connectivity index (χ0) is 27.9. The minimum Gasteiger partial charge on any atom is -0.506 e. The summed E-state index contributed by atoms with van der Waals surface area (Å²) in [6, 6.07) is 19.0. The van der Waals surface area contributed by atoms with Crippen LogP contribution in [0.1, 0.15) is 5.56 Å². The van der Waals surface area contributed by atoms with Crippen molar-refractivity contribution in [3.8, 4) is 34.4 Å². The standard InChI is InChI=1S/C30H29N5O5/c1-38-23-5-3-22(4-6-23)33-30(37)34-26-7-2-20(17-28(26)36)24-8-9-32-27-18-29(21(19-31)16-25(24)27)40-15-12-35-10-13-39-14-11-35/h2-9,16-18,36H,10-15H2,1H3,(H2,33,34,37). The minimum atomic E-state index is -0.498. The summed E-state index contributed by atoms with van der Waals surface area (Å²) in [7, 11) is 1.57. The molecule has 1 aromatic heterocycles. The van der Waals surface area contributed by atoms with Crippen LogP contribution in [-0.2, 0) is 4.74 Å². The summed E-state index contributed by atoms with van der Waals surface area (Å²) in [5.74, 6) is 1.06. The largest absolute Gasteiger partial charge is 0.506 e. The zero-order valence-corrected chi connectivity index (χ0v) is 22.0. The number of fused-ring (bicyclic) bond motifs is 1. The first-order valence-corrected chi connectivity index (χ1v) is 12.9. The van der Waals surface area contributed by atoms with Gasteiger partial charge in [0.1, 0.15) is 29.9 Å². The number of morpholine rings is 1. The van der Waals surface area contributed by atoms with Crippen LogP contribution >= 0.6 is 0 Å². The van der Waals surface area contributed by atoms with Gasteiger partial charge in [-0.3, -0.25) is 9.88 Å². The van der Waals surface area contributed by atoms with Crippen LogP contribution in [0.5, 0.6) is 17.2 Å². The van der Waals surface area contributed by atoms with Gasteiger partial charge in [0.15, 0.2) is 0 Å². The molecule has 40 heavy (non-hydrogen) atoms. The normalized spacial score (nSPS) is 13.4. The van der Waals surface area contributed by atoms with Crippen molar-refractivity contribution in [2.24, 2.45) is 0 Å². The molecule has 0 atom stereocenters. The monoisotopic (exact) mass is 539 g/mol. The molecule has 0 saturated carbocycles. The van der Waals surface area contributed by atoms with Crippen molar-refractivity contribution < 1.29 is 24.1 Å². The van der Waals surface area contributed by atoms with E-state index in [1.165, 1.54) is 0 Å². The summed E-state index contributed by atoms with van der Waals surface area (Å²) in [5.41, 5.74) is 3.39. The van der Waals surface area contributed by atoms with E-state index in [4.69, 9.17) is 14.2 Å². The predicted octanol–water partition coefficient (Wildman–Crippen LogP) is 4.84. The fourth-order valence-electron chi connectivity index (χ4n) is 4.51. The third kappa shape index (κ3) is 6.23. The number of hydrogen-bond acceptors (Lipinski definition) is 8. The molecule has 10 nitrogen and oxygen atoms in total. The quantitative estimate of drug-likeness (QED) is 0.271. The highest BCUT2D eigenvalue weighted by molar-refractivity contribution is 6.01. The SMILES string of the molecule is COc1ccc(NC(=O)Nc2ccc(-c3ccnc4cc(OCCN5CCOCC5)c(C#N)cc34)cc2O)cc1. The fourth-order valence-corrected chi connectivity index (χ4v) is 4.51. The molecule has 0 aliphatic carbocycles. The molecule has 1 aliphatic heterocycles. The molecule has 1 fully saturated rings. The van der Waals surface area contributed by atoms with E-state index in [1.54, 1.807) is 67.9 Å². The number of urea groups is 1. The number of carbonyl (C=O) groups excluding carboxylic acids is 1. The number of methoxy groups -OCH3 is 1. The number of ether oxygens (including phenoxy) is 3. The van der Waals surface area contributed by atoms with E-state index in [-0.39, 0.29) is 11.4 Å². The number of nitrogens with one attached hydrogen (secondary N) is 2. The predicted molar refractivity (Wildman–Crippen MR) is 152 cm³/mol. The first-order chi connectivity index (χ1) is 19.5. The summed E-state index contributed by atoms with van der Waals surface area (Å²) in [6.45, 7) is 4.37. The lowest BCUT2D eigenvalue weighted by Gasteiger charge is -2.26. The number of aromatic nitrogens is 1. The molecule has 0 radical (unpaired) electrons. The number of hydrogen-bond donors (Lipinski definition) is 3. The van der Waals surface area contributed by atoms with Crippen molar-refractivity contribution in [3.63, 3.8) is 0 Å². The first kappa shape index (κ1) is 26.7. The number of phenolic OH excluding ortho intramolecular Hbond substituents is 1. The van der Waals surface area contributed by atoms with E-state index >= 15 is 0 Å². The molecule has 0 spiro atoms. The zero-order valence-electron chi connectivity index (χ0n) is 22.0. The molecular weight excluding hydrogens is 510 g/mol. The number of amides is 2. The number of carbonyl (C=O) groups is 1. The number of benzene rings is 3. The Labute approximate surface area is 231 Å². The maximum Gasteiger partial charge on any atom is 0.323 e. The van der Waals surface area contributed by atoms with Crippen LogP contribution in [0.25, 0.3) is 22.0 Å². The van der Waals surface area contributed by atoms with Crippen LogP contribution in [0.2, 0.25) is 0 Å². The minimum absolute atomic E-state index is 0.101. The van der Waals surface area contributed by atoms with Gasteiger partial charge < -0.3 is 30.0 Å². The molecule has 0 unspecified atom stereocenters. The summed E-state index contributed by atoms with van der Waals surface area (Å²) < 4.78 is 16.5. The number of phenols is 1. The number of aromatic hydroxyl groups is 1. The van der Waals surface area contributed by atoms with Crippen molar-refractivity contribution in [3.05, 3.63) is 72.4 Å². The molecule has 2 amide bonds. The average Bonchev–Trinajstić information content (AvgIpc) is 2.98. The topological polar surface area (TPSA) is 129 Å². The molecule has 4 aromatic rings. The first-order valence-electron chi connectivity index (χ1n) is 12.9. The Hall–Kier alpha value is -4.85. The molecule has 1 saturated heterocycles. The molecule has 2 heterocycles. The third-order valence-corrected chi connectivity index (χ3v) is 6.64. The van der Waals surface area contributed by atoms with Crippen molar-refractivity contribution >= 4 is 28.3 Å². The second kappa shape index (κ2) is 12.3. The Bertz CT molecular complexity index is 1550. The van der Waals surface area contributed by atoms with Crippen molar-refractivity contribution in [1.29, 1.82) is 5.26 Å². The summed E-state index contributed by atoms with van der Waals surface area (Å²) in [6.07, 6.45) is 1.67. The van der Waals surface area contributed by atoms with Gasteiger partial charge in [0, 0.05) is 43.0 Å². The van der Waals surface area contributed by atoms with Crippen molar-refractivity contribution in [2.45, 2.75) is 0 Å². The Balaban J connectivity index is 1.31. The summed E-state index contributed by atoms with van der Waals surface area (Å²) in [4.78, 5) is 19.2. The third-order valence-electron chi connectivity index (χ3n) is 6.64. The van der Waals surface area contributed by atoms with Gasteiger partial charge in [0.05, 0.1) is 37.1 Å². The van der Waals surface area contributed by atoms with E-state index in [2.05, 4.69) is 26.6 Å². The van der Waals surface area contributed by atoms with Crippen molar-refractivity contribution in [1.82, 2.24) is 9.88 Å². The number of pyridine rings is 1.